The number of nitrogens with two attached hydrogens (primary N) is 2. The summed E-state index contributed by atoms with van der Waals surface area (Å²) in [6.45, 7) is 9.33. The Morgan fingerprint density at radius 3 is 2.47 bits per heavy atom. The number of hydrogen-bond donors (Lipinski definition) is 3. The summed E-state index contributed by atoms with van der Waals surface area (Å²) in [5.74, 6) is 2.37. The molecule has 2 aromatic heterocycles. The third-order valence-corrected chi connectivity index (χ3v) is 6.34. The Morgan fingerprint density at radius 1 is 1.19 bits per heavy atom. The quantitative estimate of drug-likeness (QED) is 0.211. The highest BCUT2D eigenvalue weighted by Gasteiger charge is 2.09. The Labute approximate surface area is 216 Å². The first kappa shape index (κ1) is 33.1. The van der Waals surface area contributed by atoms with Gasteiger partial charge in [0, 0.05) is 34.6 Å². The van der Waals surface area contributed by atoms with E-state index in [4.69, 9.17) is 11.5 Å². The number of rotatable bonds is 12. The van der Waals surface area contributed by atoms with Crippen molar-refractivity contribution >= 4 is 71.4 Å². The second-order valence-electron chi connectivity index (χ2n) is 6.67. The van der Waals surface area contributed by atoms with Gasteiger partial charge in [-0.05, 0) is 39.4 Å². The molecule has 5 N–H and O–H groups in total. The molecular weight excluding hydrogens is 513 g/mol. The van der Waals surface area contributed by atoms with Gasteiger partial charge in [-0.25, -0.2) is 9.97 Å². The molecule has 0 unspecified atom stereocenters. The number of aryl methyl sites for hydroxylation is 2. The monoisotopic (exact) mass is 545 g/mol. The highest BCUT2D eigenvalue weighted by molar-refractivity contribution is 7.98. The van der Waals surface area contributed by atoms with Crippen molar-refractivity contribution < 1.29 is 0 Å². The van der Waals surface area contributed by atoms with E-state index in [-0.39, 0.29) is 48.7 Å². The van der Waals surface area contributed by atoms with Gasteiger partial charge in [0.15, 0.2) is 5.96 Å². The highest BCUT2D eigenvalue weighted by atomic mass is 35.5. The summed E-state index contributed by atoms with van der Waals surface area (Å²) >= 11 is 3.15. The molecule has 0 saturated heterocycles. The van der Waals surface area contributed by atoms with Crippen molar-refractivity contribution in [3.8, 4) is 0 Å². The van der Waals surface area contributed by atoms with Gasteiger partial charge in [-0.1, -0.05) is 13.8 Å². The maximum atomic E-state index is 12.5. The van der Waals surface area contributed by atoms with Crippen LogP contribution in [0.2, 0.25) is 0 Å². The van der Waals surface area contributed by atoms with E-state index < -0.39 is 0 Å². The van der Waals surface area contributed by atoms with Gasteiger partial charge in [0.25, 0.3) is 5.56 Å². The van der Waals surface area contributed by atoms with Crippen LogP contribution in [-0.2, 0) is 18.6 Å². The molecule has 32 heavy (non-hydrogen) atoms. The largest absolute Gasteiger partial charge is 0.370 e. The molecule has 0 radical (unpaired) electrons. The SMILES string of the molecule is CCN(CC)CCCc1c(C)nc(CCSCc2csc(N=C(N)N)n2)[nH]c1=O.Cl.Cl.Cl. The van der Waals surface area contributed by atoms with E-state index in [1.807, 2.05) is 12.3 Å². The van der Waals surface area contributed by atoms with E-state index in [2.05, 4.69) is 38.7 Å². The summed E-state index contributed by atoms with van der Waals surface area (Å²) in [5.41, 5.74) is 13.3. The molecule has 2 heterocycles. The van der Waals surface area contributed by atoms with Gasteiger partial charge in [-0.2, -0.15) is 16.8 Å². The van der Waals surface area contributed by atoms with Crippen molar-refractivity contribution in [2.75, 3.05) is 25.4 Å². The van der Waals surface area contributed by atoms with Crippen LogP contribution in [0.3, 0.4) is 0 Å². The number of thiazole rings is 1. The lowest BCUT2D eigenvalue weighted by Crippen LogP contribution is -2.25. The Bertz CT molecular complexity index is 869. The maximum Gasteiger partial charge on any atom is 0.254 e. The molecule has 0 atom stereocenters. The molecule has 0 amide bonds. The number of hydrogen-bond acceptors (Lipinski definition) is 7. The van der Waals surface area contributed by atoms with Crippen LogP contribution in [0.4, 0.5) is 5.13 Å². The smallest absolute Gasteiger partial charge is 0.254 e. The lowest BCUT2D eigenvalue weighted by Gasteiger charge is -2.17. The molecule has 184 valence electrons. The van der Waals surface area contributed by atoms with Crippen LogP contribution in [0.25, 0.3) is 0 Å². The number of aromatic nitrogens is 3. The van der Waals surface area contributed by atoms with Crippen molar-refractivity contribution in [2.45, 2.75) is 45.8 Å². The first-order valence-corrected chi connectivity index (χ1v) is 11.9. The van der Waals surface area contributed by atoms with Crippen LogP contribution < -0.4 is 17.0 Å². The summed E-state index contributed by atoms with van der Waals surface area (Å²) in [7, 11) is 0. The summed E-state index contributed by atoms with van der Waals surface area (Å²) < 4.78 is 0. The van der Waals surface area contributed by atoms with E-state index in [9.17, 15) is 4.79 Å². The molecule has 8 nitrogen and oxygen atoms in total. The van der Waals surface area contributed by atoms with E-state index >= 15 is 0 Å². The van der Waals surface area contributed by atoms with E-state index in [1.54, 1.807) is 11.8 Å². The zero-order chi connectivity index (χ0) is 21.2. The molecule has 0 bridgehead atoms. The standard InChI is InChI=1S/C19H31N7OS2.3ClH/c1-4-26(5-2)9-6-7-15-13(3)22-16(24-17(15)27)8-10-28-11-14-12-29-19(23-14)25-18(20)21;;;/h12H,4-11H2,1-3H3,(H,22,24,27)(H4,20,21,23,25);3*1H. The number of aromatic amines is 1. The molecule has 0 saturated carbocycles. The first-order chi connectivity index (χ1) is 13.9. The van der Waals surface area contributed by atoms with Crippen LogP contribution in [0.5, 0.6) is 0 Å². The minimum Gasteiger partial charge on any atom is -0.370 e. The fourth-order valence-corrected chi connectivity index (χ4v) is 4.62. The van der Waals surface area contributed by atoms with Gasteiger partial charge in [0.05, 0.1) is 5.69 Å². The minimum absolute atomic E-state index is 0. The number of halogens is 3. The van der Waals surface area contributed by atoms with Crippen LogP contribution in [-0.4, -0.2) is 51.2 Å². The number of H-pyrrole nitrogens is 1. The fourth-order valence-electron chi connectivity index (χ4n) is 2.97. The topological polar surface area (TPSA) is 126 Å². The summed E-state index contributed by atoms with van der Waals surface area (Å²) in [5, 5.41) is 2.52. The van der Waals surface area contributed by atoms with E-state index in [0.29, 0.717) is 11.6 Å². The van der Waals surface area contributed by atoms with Crippen LogP contribution in [0.1, 0.15) is 43.0 Å². The molecule has 0 spiro atoms. The zero-order valence-electron chi connectivity index (χ0n) is 18.6. The van der Waals surface area contributed by atoms with Crippen LogP contribution >= 0.6 is 60.3 Å². The Hall–Kier alpha value is -1.04. The predicted molar refractivity (Wildman–Crippen MR) is 145 cm³/mol. The third kappa shape index (κ3) is 11.2. The second-order valence-corrected chi connectivity index (χ2v) is 8.61. The molecular formula is C19H34Cl3N7OS2. The summed E-state index contributed by atoms with van der Waals surface area (Å²) in [6, 6.07) is 0. The van der Waals surface area contributed by atoms with E-state index in [0.717, 1.165) is 66.8 Å². The number of nitrogens with one attached hydrogen (secondary N) is 1. The lowest BCUT2D eigenvalue weighted by atomic mass is 10.1. The zero-order valence-corrected chi connectivity index (χ0v) is 22.7. The highest BCUT2D eigenvalue weighted by Crippen LogP contribution is 2.22. The number of nitrogens with zero attached hydrogens (tertiary/aromatic N) is 4. The fraction of sp³-hybridized carbons (Fsp3) is 0.579. The van der Waals surface area contributed by atoms with Crippen molar-refractivity contribution in [2.24, 2.45) is 16.5 Å². The number of thioether (sulfide) groups is 1. The Morgan fingerprint density at radius 2 is 1.88 bits per heavy atom. The number of aliphatic imine (C=N–C) groups is 1. The number of guanidine groups is 1. The van der Waals surface area contributed by atoms with Crippen molar-refractivity contribution in [3.05, 3.63) is 38.5 Å². The maximum absolute atomic E-state index is 12.5. The summed E-state index contributed by atoms with van der Waals surface area (Å²) in [6.07, 6.45) is 2.45. The average Bonchev–Trinajstić information content (AvgIpc) is 3.11. The molecule has 0 aromatic carbocycles. The van der Waals surface area contributed by atoms with Crippen molar-refractivity contribution in [1.29, 1.82) is 0 Å². The van der Waals surface area contributed by atoms with Gasteiger partial charge in [-0.15, -0.1) is 48.6 Å². The first-order valence-electron chi connectivity index (χ1n) is 9.85. The second kappa shape index (κ2) is 17.4. The normalized spacial score (nSPS) is 10.1. The van der Waals surface area contributed by atoms with E-state index in [1.165, 1.54) is 11.3 Å². The molecule has 0 aliphatic heterocycles. The van der Waals surface area contributed by atoms with Crippen molar-refractivity contribution in [3.63, 3.8) is 0 Å². The molecule has 2 aromatic rings. The summed E-state index contributed by atoms with van der Waals surface area (Å²) in [4.78, 5) is 30.7. The van der Waals surface area contributed by atoms with Gasteiger partial charge in [0.1, 0.15) is 5.82 Å². The third-order valence-electron chi connectivity index (χ3n) is 4.56. The van der Waals surface area contributed by atoms with Gasteiger partial charge in [0.2, 0.25) is 5.13 Å². The van der Waals surface area contributed by atoms with Gasteiger partial charge >= 0.3 is 0 Å². The lowest BCUT2D eigenvalue weighted by molar-refractivity contribution is 0.300. The van der Waals surface area contributed by atoms with Gasteiger partial charge < -0.3 is 21.4 Å². The predicted octanol–water partition coefficient (Wildman–Crippen LogP) is 3.46. The van der Waals surface area contributed by atoms with Crippen molar-refractivity contribution in [1.82, 2.24) is 19.9 Å². The molecule has 2 rings (SSSR count). The minimum atomic E-state index is -0.00146. The van der Waals surface area contributed by atoms with Gasteiger partial charge in [-0.3, -0.25) is 4.79 Å². The molecule has 13 heteroatoms. The molecule has 0 aliphatic rings. The molecule has 0 fully saturated rings. The van der Waals surface area contributed by atoms with Crippen LogP contribution in [0, 0.1) is 6.92 Å². The average molecular weight is 547 g/mol. The van der Waals surface area contributed by atoms with Crippen LogP contribution in [0.15, 0.2) is 15.2 Å². The molecule has 0 aliphatic carbocycles. The Balaban J connectivity index is 0. The Kier molecular flexibility index (Phi) is 18.1.